The van der Waals surface area contributed by atoms with Gasteiger partial charge in [-0.05, 0) is 26.3 Å². The van der Waals surface area contributed by atoms with Gasteiger partial charge in [0.05, 0.1) is 0 Å². The van der Waals surface area contributed by atoms with Gasteiger partial charge in [-0.25, -0.2) is 9.97 Å². The van der Waals surface area contributed by atoms with Crippen molar-refractivity contribution in [1.29, 1.82) is 0 Å². The van der Waals surface area contributed by atoms with Crippen molar-refractivity contribution in [3.8, 4) is 0 Å². The lowest BCUT2D eigenvalue weighted by molar-refractivity contribution is 0.738. The summed E-state index contributed by atoms with van der Waals surface area (Å²) in [5, 5.41) is 0.760. The minimum absolute atomic E-state index is 0.760. The van der Waals surface area contributed by atoms with E-state index in [0.29, 0.717) is 0 Å². The monoisotopic (exact) mass is 237 g/mol. The molecule has 1 aliphatic rings. The molecule has 1 fully saturated rings. The second-order valence-corrected chi connectivity index (χ2v) is 5.95. The van der Waals surface area contributed by atoms with Gasteiger partial charge in [0.15, 0.2) is 0 Å². The van der Waals surface area contributed by atoms with Crippen LogP contribution in [0.1, 0.15) is 24.7 Å². The number of rotatable bonds is 1. The average Bonchev–Trinajstić information content (AvgIpc) is 2.41. The van der Waals surface area contributed by atoms with Crippen molar-refractivity contribution in [1.82, 2.24) is 9.97 Å². The molecule has 4 heteroatoms. The smallest absolute Gasteiger partial charge is 0.225 e. The zero-order valence-electron chi connectivity index (χ0n) is 10.2. The maximum Gasteiger partial charge on any atom is 0.225 e. The van der Waals surface area contributed by atoms with Crippen LogP contribution in [-0.4, -0.2) is 34.1 Å². The van der Waals surface area contributed by atoms with Crippen molar-refractivity contribution in [3.63, 3.8) is 0 Å². The van der Waals surface area contributed by atoms with Crippen LogP contribution in [0.5, 0.6) is 0 Å². The Morgan fingerprint density at radius 2 is 1.94 bits per heavy atom. The van der Waals surface area contributed by atoms with Crippen LogP contribution in [0.25, 0.3) is 0 Å². The van der Waals surface area contributed by atoms with E-state index in [1.165, 1.54) is 12.2 Å². The molecule has 1 saturated heterocycles. The number of thioether (sulfide) groups is 1. The van der Waals surface area contributed by atoms with E-state index in [1.54, 1.807) is 0 Å². The number of nitrogens with zero attached hydrogens (tertiary/aromatic N) is 3. The highest BCUT2D eigenvalue weighted by atomic mass is 32.2. The van der Waals surface area contributed by atoms with E-state index in [-0.39, 0.29) is 0 Å². The van der Waals surface area contributed by atoms with Crippen LogP contribution in [0, 0.1) is 13.8 Å². The first-order valence-corrected chi connectivity index (χ1v) is 6.89. The molecule has 0 amide bonds. The van der Waals surface area contributed by atoms with E-state index in [0.717, 1.165) is 35.7 Å². The molecular weight excluding hydrogens is 218 g/mol. The van der Waals surface area contributed by atoms with E-state index in [9.17, 15) is 0 Å². The Morgan fingerprint density at radius 3 is 2.62 bits per heavy atom. The van der Waals surface area contributed by atoms with Gasteiger partial charge in [-0.2, -0.15) is 11.8 Å². The Labute approximate surface area is 102 Å². The number of hydrogen-bond donors (Lipinski definition) is 0. The summed E-state index contributed by atoms with van der Waals surface area (Å²) in [6, 6.07) is 2.03. The first-order chi connectivity index (χ1) is 7.65. The Bertz CT molecular complexity index is 347. The molecule has 2 rings (SSSR count). The molecule has 3 nitrogen and oxygen atoms in total. The molecule has 88 valence electrons. The first-order valence-electron chi connectivity index (χ1n) is 5.84. The van der Waals surface area contributed by atoms with E-state index in [4.69, 9.17) is 0 Å². The summed E-state index contributed by atoms with van der Waals surface area (Å²) in [5.41, 5.74) is 2.12. The number of anilines is 1. The zero-order valence-corrected chi connectivity index (χ0v) is 11.0. The minimum atomic E-state index is 0.760. The van der Waals surface area contributed by atoms with Crippen molar-refractivity contribution in [2.24, 2.45) is 0 Å². The van der Waals surface area contributed by atoms with Crippen LogP contribution in [-0.2, 0) is 0 Å². The topological polar surface area (TPSA) is 29.0 Å². The second kappa shape index (κ2) is 5.04. The van der Waals surface area contributed by atoms with E-state index >= 15 is 0 Å². The summed E-state index contributed by atoms with van der Waals surface area (Å²) in [7, 11) is 0. The molecule has 1 aromatic heterocycles. The normalized spacial score (nSPS) is 21.9. The summed E-state index contributed by atoms with van der Waals surface area (Å²) in [6.45, 7) is 8.52. The molecular formula is C12H19N3S. The van der Waals surface area contributed by atoms with Gasteiger partial charge in [-0.15, -0.1) is 0 Å². The summed E-state index contributed by atoms with van der Waals surface area (Å²) in [6.07, 6.45) is 1.22. The van der Waals surface area contributed by atoms with Crippen molar-refractivity contribution in [2.75, 3.05) is 23.7 Å². The van der Waals surface area contributed by atoms with Crippen LogP contribution in [0.4, 0.5) is 5.95 Å². The maximum absolute atomic E-state index is 4.53. The molecule has 0 N–H and O–H groups in total. The van der Waals surface area contributed by atoms with E-state index in [2.05, 4.69) is 21.8 Å². The van der Waals surface area contributed by atoms with Crippen LogP contribution < -0.4 is 4.90 Å². The van der Waals surface area contributed by atoms with Crippen molar-refractivity contribution >= 4 is 17.7 Å². The van der Waals surface area contributed by atoms with E-state index < -0.39 is 0 Å². The van der Waals surface area contributed by atoms with Gasteiger partial charge in [0.25, 0.3) is 0 Å². The Kier molecular flexibility index (Phi) is 3.69. The molecule has 16 heavy (non-hydrogen) atoms. The van der Waals surface area contributed by atoms with Crippen LogP contribution in [0.15, 0.2) is 6.07 Å². The Hall–Kier alpha value is -0.770. The first kappa shape index (κ1) is 11.7. The standard InChI is InChI=1S/C12H19N3S/c1-9-8-10(2)14-12(13-9)15-5-4-11(3)16-7-6-15/h8,11H,4-7H2,1-3H3. The molecule has 1 atom stereocenters. The average molecular weight is 237 g/mol. The predicted octanol–water partition coefficient (Wildman–Crippen LogP) is 2.43. The third-order valence-corrected chi connectivity index (χ3v) is 4.05. The van der Waals surface area contributed by atoms with Crippen LogP contribution in [0.3, 0.4) is 0 Å². The third kappa shape index (κ3) is 2.88. The molecule has 1 unspecified atom stereocenters. The van der Waals surface area contributed by atoms with Crippen LogP contribution >= 0.6 is 11.8 Å². The van der Waals surface area contributed by atoms with Crippen molar-refractivity contribution in [2.45, 2.75) is 32.4 Å². The van der Waals surface area contributed by atoms with Gasteiger partial charge in [-0.3, -0.25) is 0 Å². The van der Waals surface area contributed by atoms with Crippen molar-refractivity contribution < 1.29 is 0 Å². The number of aromatic nitrogens is 2. The quantitative estimate of drug-likeness (QED) is 0.750. The molecule has 1 aromatic rings. The molecule has 0 bridgehead atoms. The third-order valence-electron chi connectivity index (χ3n) is 2.82. The zero-order chi connectivity index (χ0) is 11.5. The van der Waals surface area contributed by atoms with Crippen LogP contribution in [0.2, 0.25) is 0 Å². The lowest BCUT2D eigenvalue weighted by atomic mass is 10.3. The number of hydrogen-bond acceptors (Lipinski definition) is 4. The van der Waals surface area contributed by atoms with Crippen molar-refractivity contribution in [3.05, 3.63) is 17.5 Å². The number of aryl methyl sites for hydroxylation is 2. The fraction of sp³-hybridized carbons (Fsp3) is 0.667. The summed E-state index contributed by atoms with van der Waals surface area (Å²) < 4.78 is 0. The highest BCUT2D eigenvalue weighted by Crippen LogP contribution is 2.21. The van der Waals surface area contributed by atoms with E-state index in [1.807, 2.05) is 31.7 Å². The van der Waals surface area contributed by atoms with Gasteiger partial charge in [-0.1, -0.05) is 6.92 Å². The molecule has 0 aliphatic carbocycles. The fourth-order valence-corrected chi connectivity index (χ4v) is 2.95. The highest BCUT2D eigenvalue weighted by molar-refractivity contribution is 7.99. The lowest BCUT2D eigenvalue weighted by Crippen LogP contribution is -2.28. The highest BCUT2D eigenvalue weighted by Gasteiger charge is 2.16. The van der Waals surface area contributed by atoms with Gasteiger partial charge < -0.3 is 4.90 Å². The lowest BCUT2D eigenvalue weighted by Gasteiger charge is -2.20. The molecule has 2 heterocycles. The minimum Gasteiger partial charge on any atom is -0.340 e. The second-order valence-electron chi connectivity index (χ2n) is 4.41. The fourth-order valence-electron chi connectivity index (χ4n) is 1.95. The predicted molar refractivity (Wildman–Crippen MR) is 70.3 cm³/mol. The van der Waals surface area contributed by atoms with Gasteiger partial charge in [0.1, 0.15) is 0 Å². The van der Waals surface area contributed by atoms with Gasteiger partial charge in [0.2, 0.25) is 5.95 Å². The SMILES string of the molecule is Cc1cc(C)nc(N2CCSC(C)CC2)n1. The molecule has 0 aromatic carbocycles. The maximum atomic E-state index is 4.53. The largest absolute Gasteiger partial charge is 0.340 e. The Morgan fingerprint density at radius 1 is 1.25 bits per heavy atom. The molecule has 0 spiro atoms. The molecule has 1 aliphatic heterocycles. The van der Waals surface area contributed by atoms with Gasteiger partial charge >= 0.3 is 0 Å². The Balaban J connectivity index is 2.16. The molecule has 0 saturated carbocycles. The summed E-state index contributed by atoms with van der Waals surface area (Å²) >= 11 is 2.05. The summed E-state index contributed by atoms with van der Waals surface area (Å²) in [4.78, 5) is 11.4. The van der Waals surface area contributed by atoms with Gasteiger partial charge in [0, 0.05) is 35.5 Å². The molecule has 0 radical (unpaired) electrons. The summed E-state index contributed by atoms with van der Waals surface area (Å²) in [5.74, 6) is 2.09.